The Bertz CT molecular complexity index is 1320. The molecule has 0 saturated heterocycles. The van der Waals surface area contributed by atoms with Crippen molar-refractivity contribution in [3.05, 3.63) is 107 Å². The summed E-state index contributed by atoms with van der Waals surface area (Å²) in [5.74, 6) is -1.10. The molecule has 3 aromatic carbocycles. The number of carbonyl (C=O) groups excluding carboxylic acids is 2. The third kappa shape index (κ3) is 4.57. The number of anilines is 1. The fraction of sp³-hybridized carbons (Fsp3) is 0.120. The van der Waals surface area contributed by atoms with Crippen LogP contribution in [0, 0.1) is 6.92 Å². The van der Waals surface area contributed by atoms with Gasteiger partial charge in [-0.05, 0) is 36.8 Å². The summed E-state index contributed by atoms with van der Waals surface area (Å²) in [5, 5.41) is 3.02. The molecule has 4 rings (SSSR count). The van der Waals surface area contributed by atoms with Gasteiger partial charge in [0.2, 0.25) is 10.0 Å². The topological polar surface area (TPSA) is 95.6 Å². The van der Waals surface area contributed by atoms with Gasteiger partial charge in [-0.3, -0.25) is 14.5 Å². The first kappa shape index (κ1) is 22.4. The van der Waals surface area contributed by atoms with Crippen molar-refractivity contribution < 1.29 is 18.0 Å². The lowest BCUT2D eigenvalue weighted by Gasteiger charge is -2.21. The first-order valence-electron chi connectivity index (χ1n) is 10.3. The zero-order valence-electron chi connectivity index (χ0n) is 18.1. The molecule has 3 aromatic rings. The van der Waals surface area contributed by atoms with Crippen LogP contribution in [0.15, 0.2) is 101 Å². The van der Waals surface area contributed by atoms with Gasteiger partial charge in [0.05, 0.1) is 16.5 Å². The van der Waals surface area contributed by atoms with Crippen molar-refractivity contribution in [1.29, 1.82) is 0 Å². The molecule has 0 radical (unpaired) electrons. The van der Waals surface area contributed by atoms with Crippen molar-refractivity contribution in [2.24, 2.45) is 0 Å². The number of nitrogens with zero attached hydrogens (tertiary/aromatic N) is 1. The van der Waals surface area contributed by atoms with E-state index in [1.807, 2.05) is 13.0 Å². The molecule has 1 aliphatic heterocycles. The summed E-state index contributed by atoms with van der Waals surface area (Å²) in [6.45, 7) is 1.86. The van der Waals surface area contributed by atoms with Crippen molar-refractivity contribution in [3.8, 4) is 0 Å². The zero-order chi connectivity index (χ0) is 23.6. The van der Waals surface area contributed by atoms with E-state index in [1.165, 1.54) is 19.2 Å². The summed E-state index contributed by atoms with van der Waals surface area (Å²) in [7, 11) is -2.63. The molecule has 2 N–H and O–H groups in total. The molecule has 1 heterocycles. The van der Waals surface area contributed by atoms with E-state index in [9.17, 15) is 18.0 Å². The highest BCUT2D eigenvalue weighted by atomic mass is 32.2. The second-order valence-corrected chi connectivity index (χ2v) is 9.44. The first-order valence-corrected chi connectivity index (χ1v) is 11.8. The SMILES string of the molecule is Cc1ccc(S(=O)(=O)NC(C2=C(Nc3ccccc3)C(=O)N(C)C2=O)c2ccccc2)cc1. The summed E-state index contributed by atoms with van der Waals surface area (Å²) in [5.41, 5.74) is 2.13. The molecule has 33 heavy (non-hydrogen) atoms. The third-order valence-electron chi connectivity index (χ3n) is 5.39. The van der Waals surface area contributed by atoms with Crippen LogP contribution in [0.5, 0.6) is 0 Å². The van der Waals surface area contributed by atoms with Crippen LogP contribution < -0.4 is 10.0 Å². The molecule has 0 aliphatic carbocycles. The Labute approximate surface area is 192 Å². The predicted octanol–water partition coefficient (Wildman–Crippen LogP) is 3.38. The smallest absolute Gasteiger partial charge is 0.277 e. The first-order chi connectivity index (χ1) is 15.8. The quantitative estimate of drug-likeness (QED) is 0.526. The van der Waals surface area contributed by atoms with Gasteiger partial charge in [0.25, 0.3) is 11.8 Å². The van der Waals surface area contributed by atoms with Crippen LogP contribution >= 0.6 is 0 Å². The lowest BCUT2D eigenvalue weighted by molar-refractivity contribution is -0.136. The lowest BCUT2D eigenvalue weighted by atomic mass is 9.98. The Morgan fingerprint density at radius 1 is 0.788 bits per heavy atom. The van der Waals surface area contributed by atoms with Gasteiger partial charge in [0.15, 0.2) is 0 Å². The van der Waals surface area contributed by atoms with E-state index in [0.717, 1.165) is 10.5 Å². The molecule has 0 aromatic heterocycles. The number of likely N-dealkylation sites (N-methyl/N-ethyl adjacent to an activating group) is 1. The molecule has 1 aliphatic rings. The number of para-hydroxylation sites is 1. The van der Waals surface area contributed by atoms with Crippen molar-refractivity contribution >= 4 is 27.5 Å². The Morgan fingerprint density at radius 3 is 1.97 bits per heavy atom. The van der Waals surface area contributed by atoms with Crippen molar-refractivity contribution in [2.45, 2.75) is 17.9 Å². The van der Waals surface area contributed by atoms with Gasteiger partial charge in [-0.2, -0.15) is 4.72 Å². The predicted molar refractivity (Wildman–Crippen MR) is 126 cm³/mol. The van der Waals surface area contributed by atoms with Gasteiger partial charge in [-0.15, -0.1) is 0 Å². The fourth-order valence-corrected chi connectivity index (χ4v) is 4.79. The summed E-state index contributed by atoms with van der Waals surface area (Å²) in [4.78, 5) is 27.2. The van der Waals surface area contributed by atoms with Crippen LogP contribution in [0.3, 0.4) is 0 Å². The molecular weight excluding hydrogens is 438 g/mol. The number of benzene rings is 3. The Kier molecular flexibility index (Phi) is 6.13. The summed E-state index contributed by atoms with van der Waals surface area (Å²) >= 11 is 0. The number of imide groups is 1. The largest absolute Gasteiger partial charge is 0.351 e. The van der Waals surface area contributed by atoms with Crippen molar-refractivity contribution in [3.63, 3.8) is 0 Å². The normalized spacial score (nSPS) is 15.2. The second-order valence-electron chi connectivity index (χ2n) is 7.73. The molecule has 168 valence electrons. The van der Waals surface area contributed by atoms with E-state index >= 15 is 0 Å². The lowest BCUT2D eigenvalue weighted by Crippen LogP contribution is -2.34. The van der Waals surface area contributed by atoms with E-state index in [1.54, 1.807) is 66.7 Å². The summed E-state index contributed by atoms with van der Waals surface area (Å²) in [6.07, 6.45) is 0. The number of rotatable bonds is 7. The molecule has 1 unspecified atom stereocenters. The average molecular weight is 462 g/mol. The van der Waals surface area contributed by atoms with E-state index < -0.39 is 27.9 Å². The minimum atomic E-state index is -4.01. The minimum Gasteiger partial charge on any atom is -0.351 e. The van der Waals surface area contributed by atoms with Crippen LogP contribution in [0.25, 0.3) is 0 Å². The number of hydrogen-bond donors (Lipinski definition) is 2. The molecule has 0 spiro atoms. The number of nitrogens with one attached hydrogen (secondary N) is 2. The minimum absolute atomic E-state index is 0.0354. The third-order valence-corrected chi connectivity index (χ3v) is 6.83. The fourth-order valence-electron chi connectivity index (χ4n) is 3.60. The van der Waals surface area contributed by atoms with E-state index in [2.05, 4.69) is 10.0 Å². The van der Waals surface area contributed by atoms with Crippen LogP contribution in [0.4, 0.5) is 5.69 Å². The molecule has 7 nitrogen and oxygen atoms in total. The average Bonchev–Trinajstić information content (AvgIpc) is 3.02. The Balaban J connectivity index is 1.84. The van der Waals surface area contributed by atoms with E-state index in [-0.39, 0.29) is 16.2 Å². The molecule has 0 fully saturated rings. The molecule has 8 heteroatoms. The van der Waals surface area contributed by atoms with Crippen LogP contribution in [-0.2, 0) is 19.6 Å². The van der Waals surface area contributed by atoms with Gasteiger partial charge in [-0.25, -0.2) is 8.42 Å². The van der Waals surface area contributed by atoms with Crippen LogP contribution in [0.1, 0.15) is 17.2 Å². The molecule has 2 amide bonds. The number of hydrogen-bond acceptors (Lipinski definition) is 5. The molecule has 0 bridgehead atoms. The van der Waals surface area contributed by atoms with Gasteiger partial charge >= 0.3 is 0 Å². The molecule has 1 atom stereocenters. The Morgan fingerprint density at radius 2 is 1.36 bits per heavy atom. The van der Waals surface area contributed by atoms with Gasteiger partial charge < -0.3 is 5.32 Å². The van der Waals surface area contributed by atoms with E-state index in [0.29, 0.717) is 11.3 Å². The van der Waals surface area contributed by atoms with Gasteiger partial charge in [-0.1, -0.05) is 66.2 Å². The highest BCUT2D eigenvalue weighted by Gasteiger charge is 2.42. The van der Waals surface area contributed by atoms with Gasteiger partial charge in [0, 0.05) is 12.7 Å². The zero-order valence-corrected chi connectivity index (χ0v) is 19.0. The highest BCUT2D eigenvalue weighted by molar-refractivity contribution is 7.89. The number of carbonyl (C=O) groups is 2. The second kappa shape index (κ2) is 9.01. The summed E-state index contributed by atoms with van der Waals surface area (Å²) in [6, 6.07) is 23.0. The number of aryl methyl sites for hydroxylation is 1. The van der Waals surface area contributed by atoms with Crippen LogP contribution in [0.2, 0.25) is 0 Å². The standard InChI is InChI=1S/C25H23N3O4S/c1-17-13-15-20(16-14-17)33(31,32)27-22(18-9-5-3-6-10-18)21-23(25(30)28(2)24(21)29)26-19-11-7-4-8-12-19/h3-16,22,26-27H,1-2H3. The van der Waals surface area contributed by atoms with Crippen molar-refractivity contribution in [1.82, 2.24) is 9.62 Å². The highest BCUT2D eigenvalue weighted by Crippen LogP contribution is 2.33. The van der Waals surface area contributed by atoms with Crippen LogP contribution in [-0.4, -0.2) is 32.2 Å². The number of amides is 2. The van der Waals surface area contributed by atoms with Crippen molar-refractivity contribution in [2.75, 3.05) is 12.4 Å². The van der Waals surface area contributed by atoms with Gasteiger partial charge in [0.1, 0.15) is 5.70 Å². The molecular formula is C25H23N3O4S. The molecule has 0 saturated carbocycles. The maximum Gasteiger partial charge on any atom is 0.277 e. The summed E-state index contributed by atoms with van der Waals surface area (Å²) < 4.78 is 29.2. The maximum absolute atomic E-state index is 13.3. The Hall–Kier alpha value is -3.75. The van der Waals surface area contributed by atoms with E-state index in [4.69, 9.17) is 0 Å². The number of sulfonamides is 1. The maximum atomic E-state index is 13.3. The monoisotopic (exact) mass is 461 g/mol.